The molecule has 0 bridgehead atoms. The number of amides is 5. The van der Waals surface area contributed by atoms with Crippen LogP contribution in [0.2, 0.25) is 0 Å². The number of aliphatic hydroxyl groups is 1. The molecule has 0 unspecified atom stereocenters. The number of carbonyl (C=O) groups excluding carboxylic acids is 3. The van der Waals surface area contributed by atoms with Crippen LogP contribution < -0.4 is 20.7 Å². The van der Waals surface area contributed by atoms with E-state index in [1.807, 2.05) is 25.1 Å². The monoisotopic (exact) mass is 627 g/mol. The Kier molecular flexibility index (Phi) is 10.6. The average molecular weight is 628 g/mol. The minimum absolute atomic E-state index is 0.0838. The predicted molar refractivity (Wildman–Crippen MR) is 164 cm³/mol. The molecular weight excluding hydrogens is 591 g/mol. The highest BCUT2D eigenvalue weighted by Crippen LogP contribution is 2.31. The molecule has 1 aliphatic rings. The van der Waals surface area contributed by atoms with E-state index in [4.69, 9.17) is 4.74 Å². The summed E-state index contributed by atoms with van der Waals surface area (Å²) in [6, 6.07) is 16.3. The quantitative estimate of drug-likeness (QED) is 0.269. The number of para-hydroxylation sites is 1. The lowest BCUT2D eigenvalue weighted by atomic mass is 10.0. The second-order valence-corrected chi connectivity index (χ2v) is 11.0. The number of halogens is 3. The van der Waals surface area contributed by atoms with E-state index in [0.29, 0.717) is 22.7 Å². The molecule has 13 heteroatoms. The lowest BCUT2D eigenvalue weighted by Gasteiger charge is -2.34. The Hall–Kier alpha value is -4.78. The molecule has 45 heavy (non-hydrogen) atoms. The van der Waals surface area contributed by atoms with Crippen molar-refractivity contribution in [2.45, 2.75) is 38.6 Å². The number of carbonyl (C=O) groups is 3. The van der Waals surface area contributed by atoms with Gasteiger partial charge in [-0.05, 0) is 61.5 Å². The zero-order chi connectivity index (χ0) is 32.7. The third-order valence-corrected chi connectivity index (χ3v) is 7.47. The zero-order valence-corrected chi connectivity index (χ0v) is 25.1. The van der Waals surface area contributed by atoms with Crippen LogP contribution in [0.1, 0.15) is 25.0 Å². The first-order valence-electron chi connectivity index (χ1n) is 14.4. The molecule has 0 saturated carbocycles. The van der Waals surface area contributed by atoms with Crippen molar-refractivity contribution in [1.82, 2.24) is 9.80 Å². The van der Waals surface area contributed by atoms with E-state index in [-0.39, 0.29) is 49.7 Å². The second kappa shape index (κ2) is 14.3. The number of aliphatic hydroxyl groups excluding tert-OH is 1. The molecule has 0 aromatic heterocycles. The van der Waals surface area contributed by atoms with Gasteiger partial charge in [0.2, 0.25) is 5.91 Å². The number of benzene rings is 3. The number of ether oxygens (including phenoxy) is 1. The van der Waals surface area contributed by atoms with E-state index < -0.39 is 29.9 Å². The highest BCUT2D eigenvalue weighted by atomic mass is 19.4. The van der Waals surface area contributed by atoms with E-state index in [1.54, 1.807) is 49.2 Å². The molecule has 1 aliphatic heterocycles. The number of likely N-dealkylation sites (N-methyl/N-ethyl adjacent to an activating group) is 1. The first-order chi connectivity index (χ1) is 21.3. The number of alkyl halides is 3. The number of fused-ring (bicyclic) bond motifs is 1. The topological polar surface area (TPSA) is 123 Å². The minimum Gasteiger partial charge on any atom is -0.488 e. The van der Waals surface area contributed by atoms with Gasteiger partial charge < -0.3 is 35.6 Å². The molecule has 0 saturated heterocycles. The molecule has 1 heterocycles. The van der Waals surface area contributed by atoms with Crippen LogP contribution in [0.25, 0.3) is 0 Å². The summed E-state index contributed by atoms with van der Waals surface area (Å²) in [6.45, 7) is 3.85. The Morgan fingerprint density at radius 1 is 1.00 bits per heavy atom. The first kappa shape index (κ1) is 33.1. The highest BCUT2D eigenvalue weighted by Gasteiger charge is 2.32. The van der Waals surface area contributed by atoms with Gasteiger partial charge in [0, 0.05) is 42.1 Å². The number of nitrogens with one attached hydrogen (secondary N) is 3. The third kappa shape index (κ3) is 8.88. The van der Waals surface area contributed by atoms with Crippen molar-refractivity contribution in [1.29, 1.82) is 0 Å². The van der Waals surface area contributed by atoms with E-state index >= 15 is 0 Å². The van der Waals surface area contributed by atoms with Gasteiger partial charge in [-0.25, -0.2) is 9.59 Å². The summed E-state index contributed by atoms with van der Waals surface area (Å²) in [7, 11) is 1.64. The summed E-state index contributed by atoms with van der Waals surface area (Å²) in [5.74, 6) is -0.104. The summed E-state index contributed by atoms with van der Waals surface area (Å²) in [6.07, 6.45) is -5.12. The van der Waals surface area contributed by atoms with E-state index in [2.05, 4.69) is 16.0 Å². The molecule has 3 atom stereocenters. The minimum atomic E-state index is -4.49. The van der Waals surface area contributed by atoms with Crippen molar-refractivity contribution in [3.63, 3.8) is 0 Å². The molecule has 4 N–H and O–H groups in total. The van der Waals surface area contributed by atoms with Gasteiger partial charge >= 0.3 is 18.2 Å². The van der Waals surface area contributed by atoms with Crippen LogP contribution >= 0.6 is 0 Å². The summed E-state index contributed by atoms with van der Waals surface area (Å²) in [4.78, 5) is 42.1. The van der Waals surface area contributed by atoms with Crippen LogP contribution in [-0.4, -0.2) is 71.8 Å². The molecule has 3 aromatic carbocycles. The number of rotatable bonds is 7. The molecular formula is C32H36F3N5O5. The number of urea groups is 2. The van der Waals surface area contributed by atoms with Gasteiger partial charge in [-0.1, -0.05) is 25.1 Å². The van der Waals surface area contributed by atoms with Crippen LogP contribution in [0, 0.1) is 5.92 Å². The molecule has 3 aromatic rings. The molecule has 240 valence electrons. The zero-order valence-electron chi connectivity index (χ0n) is 25.1. The van der Waals surface area contributed by atoms with E-state index in [9.17, 15) is 32.7 Å². The molecule has 4 rings (SSSR count). The Morgan fingerprint density at radius 3 is 2.27 bits per heavy atom. The first-order valence-corrected chi connectivity index (χ1v) is 14.4. The van der Waals surface area contributed by atoms with Crippen molar-refractivity contribution in [3.05, 3.63) is 83.9 Å². The number of hydrogen-bond acceptors (Lipinski definition) is 5. The lowest BCUT2D eigenvalue weighted by molar-refractivity contribution is -0.137. The highest BCUT2D eigenvalue weighted by molar-refractivity contribution is 6.00. The standard InChI is InChI=1S/C32H36F3N5O5/c1-20-17-40(21(2)19-41)29(42)16-22-15-26(37-30(43)36-25-11-9-23(10-12-25)32(33,34)35)13-14-27(22)45-28(20)18-39(3)31(44)38-24-7-5-4-6-8-24/h4-15,20-21,28,41H,16-19H2,1-3H3,(H,38,44)(H2,36,37,43)/t20-,21-,28+/m1/s1. The Morgan fingerprint density at radius 2 is 1.62 bits per heavy atom. The van der Waals surface area contributed by atoms with Crippen LogP contribution in [-0.2, 0) is 17.4 Å². The Balaban J connectivity index is 1.53. The van der Waals surface area contributed by atoms with Gasteiger partial charge in [0.1, 0.15) is 11.9 Å². The van der Waals surface area contributed by atoms with Gasteiger partial charge in [-0.2, -0.15) is 13.2 Å². The summed E-state index contributed by atoms with van der Waals surface area (Å²) in [5.41, 5.74) is 0.750. The van der Waals surface area contributed by atoms with Crippen molar-refractivity contribution in [3.8, 4) is 5.75 Å². The van der Waals surface area contributed by atoms with Crippen LogP contribution in [0.15, 0.2) is 72.8 Å². The summed E-state index contributed by atoms with van der Waals surface area (Å²) >= 11 is 0. The Bertz CT molecular complexity index is 1490. The van der Waals surface area contributed by atoms with Crippen molar-refractivity contribution >= 4 is 35.0 Å². The summed E-state index contributed by atoms with van der Waals surface area (Å²) in [5, 5.41) is 17.8. The molecule has 0 radical (unpaired) electrons. The number of hydrogen-bond donors (Lipinski definition) is 4. The fourth-order valence-electron chi connectivity index (χ4n) is 4.85. The van der Waals surface area contributed by atoms with Gasteiger partial charge in [0.15, 0.2) is 0 Å². The van der Waals surface area contributed by atoms with E-state index in [0.717, 1.165) is 24.3 Å². The fraction of sp³-hybridized carbons (Fsp3) is 0.344. The summed E-state index contributed by atoms with van der Waals surface area (Å²) < 4.78 is 45.0. The molecule has 0 aliphatic carbocycles. The number of nitrogens with zero attached hydrogens (tertiary/aromatic N) is 2. The van der Waals surface area contributed by atoms with E-state index in [1.165, 1.54) is 4.90 Å². The van der Waals surface area contributed by atoms with Crippen molar-refractivity contribution in [2.75, 3.05) is 42.7 Å². The maximum atomic E-state index is 13.4. The number of anilines is 3. The van der Waals surface area contributed by atoms with Gasteiger partial charge in [-0.15, -0.1) is 0 Å². The predicted octanol–water partition coefficient (Wildman–Crippen LogP) is 5.66. The maximum Gasteiger partial charge on any atom is 0.416 e. The van der Waals surface area contributed by atoms with Gasteiger partial charge in [0.25, 0.3) is 0 Å². The molecule has 10 nitrogen and oxygen atoms in total. The lowest BCUT2D eigenvalue weighted by Crippen LogP contribution is -2.48. The molecule has 5 amide bonds. The maximum absolute atomic E-state index is 13.4. The third-order valence-electron chi connectivity index (χ3n) is 7.47. The fourth-order valence-corrected chi connectivity index (χ4v) is 4.85. The van der Waals surface area contributed by atoms with Gasteiger partial charge in [-0.3, -0.25) is 4.79 Å². The van der Waals surface area contributed by atoms with Crippen LogP contribution in [0.5, 0.6) is 5.75 Å². The normalized spacial score (nSPS) is 17.5. The van der Waals surface area contributed by atoms with Crippen LogP contribution in [0.4, 0.5) is 39.8 Å². The van der Waals surface area contributed by atoms with Crippen molar-refractivity contribution in [2.24, 2.45) is 5.92 Å². The largest absolute Gasteiger partial charge is 0.488 e. The molecule has 0 fully saturated rings. The Labute approximate surface area is 259 Å². The average Bonchev–Trinajstić information content (AvgIpc) is 3.04. The van der Waals surface area contributed by atoms with Crippen molar-refractivity contribution < 1.29 is 37.4 Å². The second-order valence-electron chi connectivity index (χ2n) is 11.0. The smallest absolute Gasteiger partial charge is 0.416 e. The van der Waals surface area contributed by atoms with Crippen LogP contribution in [0.3, 0.4) is 0 Å². The SMILES string of the molecule is C[C@@H]1CN([C@H](C)CO)C(=O)Cc2cc(NC(=O)Nc3ccc(C(F)(F)F)cc3)ccc2O[C@H]1CN(C)C(=O)Nc1ccccc1. The van der Waals surface area contributed by atoms with Gasteiger partial charge in [0.05, 0.1) is 31.2 Å². The molecule has 0 spiro atoms.